The highest BCUT2D eigenvalue weighted by Crippen LogP contribution is 2.28. The van der Waals surface area contributed by atoms with Gasteiger partial charge in [0, 0.05) is 38.3 Å². The number of nitrogens with zero attached hydrogens (tertiary/aromatic N) is 1. The molecule has 0 bridgehead atoms. The fourth-order valence-corrected chi connectivity index (χ4v) is 2.70. The molecule has 0 radical (unpaired) electrons. The van der Waals surface area contributed by atoms with Gasteiger partial charge in [0.1, 0.15) is 0 Å². The van der Waals surface area contributed by atoms with E-state index in [0.717, 1.165) is 6.04 Å². The molecule has 82 valence electrons. The third-order valence-electron chi connectivity index (χ3n) is 3.51. The van der Waals surface area contributed by atoms with Gasteiger partial charge < -0.3 is 10.1 Å². The first-order chi connectivity index (χ1) is 6.69. The van der Waals surface area contributed by atoms with Crippen LogP contribution in [-0.2, 0) is 4.74 Å². The first-order valence-electron chi connectivity index (χ1n) is 5.72. The van der Waals surface area contributed by atoms with Crippen LogP contribution in [0.5, 0.6) is 0 Å². The Hall–Kier alpha value is -0.120. The lowest BCUT2D eigenvalue weighted by Crippen LogP contribution is -2.60. The molecule has 2 aliphatic rings. The second kappa shape index (κ2) is 4.17. The molecule has 0 aromatic carbocycles. The summed E-state index contributed by atoms with van der Waals surface area (Å²) < 4.78 is 5.32. The van der Waals surface area contributed by atoms with Crippen molar-refractivity contribution in [2.75, 3.05) is 20.2 Å². The average Bonchev–Trinajstić information content (AvgIpc) is 2.00. The molecule has 2 fully saturated rings. The monoisotopic (exact) mass is 198 g/mol. The number of hydrogen-bond acceptors (Lipinski definition) is 3. The number of hydrogen-bond donors (Lipinski definition) is 1. The summed E-state index contributed by atoms with van der Waals surface area (Å²) in [5.41, 5.74) is 0. The van der Waals surface area contributed by atoms with Gasteiger partial charge in [0.15, 0.2) is 0 Å². The van der Waals surface area contributed by atoms with Crippen molar-refractivity contribution >= 4 is 0 Å². The molecule has 0 amide bonds. The largest absolute Gasteiger partial charge is 0.381 e. The molecule has 1 aliphatic heterocycles. The Morgan fingerprint density at radius 1 is 1.14 bits per heavy atom. The quantitative estimate of drug-likeness (QED) is 0.712. The minimum Gasteiger partial charge on any atom is -0.381 e. The van der Waals surface area contributed by atoms with Gasteiger partial charge in [0.2, 0.25) is 0 Å². The summed E-state index contributed by atoms with van der Waals surface area (Å²) in [5.74, 6) is 0. The predicted molar refractivity (Wildman–Crippen MR) is 57.5 cm³/mol. The molecule has 1 saturated heterocycles. The maximum Gasteiger partial charge on any atom is 0.0601 e. The summed E-state index contributed by atoms with van der Waals surface area (Å²) in [6.45, 7) is 6.95. The molecule has 3 heteroatoms. The lowest BCUT2D eigenvalue weighted by atomic mass is 9.86. The Balaban J connectivity index is 1.81. The van der Waals surface area contributed by atoms with Gasteiger partial charge in [0.25, 0.3) is 0 Å². The van der Waals surface area contributed by atoms with Gasteiger partial charge in [0.05, 0.1) is 6.10 Å². The van der Waals surface area contributed by atoms with Crippen molar-refractivity contribution < 1.29 is 4.74 Å². The van der Waals surface area contributed by atoms with E-state index in [2.05, 4.69) is 24.1 Å². The van der Waals surface area contributed by atoms with E-state index in [0.29, 0.717) is 18.2 Å². The third-order valence-corrected chi connectivity index (χ3v) is 3.51. The Morgan fingerprint density at radius 3 is 2.21 bits per heavy atom. The van der Waals surface area contributed by atoms with Gasteiger partial charge in [-0.25, -0.2) is 0 Å². The number of rotatable bonds is 2. The lowest BCUT2D eigenvalue weighted by molar-refractivity contribution is -0.0383. The minimum atomic E-state index is 0.528. The first kappa shape index (κ1) is 10.4. The Bertz CT molecular complexity index is 182. The highest BCUT2D eigenvalue weighted by Gasteiger charge is 2.36. The van der Waals surface area contributed by atoms with E-state index in [-0.39, 0.29) is 0 Å². The number of piperazine rings is 1. The normalized spacial score (nSPS) is 44.8. The maximum absolute atomic E-state index is 5.32. The van der Waals surface area contributed by atoms with Gasteiger partial charge in [-0.2, -0.15) is 0 Å². The van der Waals surface area contributed by atoms with Crippen molar-refractivity contribution in [2.45, 2.75) is 50.9 Å². The molecule has 1 saturated carbocycles. The Kier molecular flexibility index (Phi) is 3.10. The van der Waals surface area contributed by atoms with Crippen LogP contribution >= 0.6 is 0 Å². The van der Waals surface area contributed by atoms with Gasteiger partial charge in [-0.1, -0.05) is 0 Å². The van der Waals surface area contributed by atoms with Crippen LogP contribution in [0.15, 0.2) is 0 Å². The Morgan fingerprint density at radius 2 is 1.71 bits per heavy atom. The molecular weight excluding hydrogens is 176 g/mol. The SMILES string of the molecule is COC1CC(N2C[C@@H](C)N[C@@H](C)C2)C1. The molecule has 1 heterocycles. The molecule has 2 rings (SSSR count). The topological polar surface area (TPSA) is 24.5 Å². The second-order valence-electron chi connectivity index (χ2n) is 4.91. The molecule has 14 heavy (non-hydrogen) atoms. The van der Waals surface area contributed by atoms with E-state index in [1.54, 1.807) is 0 Å². The molecule has 0 aromatic rings. The van der Waals surface area contributed by atoms with E-state index in [4.69, 9.17) is 4.74 Å². The zero-order valence-corrected chi connectivity index (χ0v) is 9.49. The molecule has 0 spiro atoms. The fourth-order valence-electron chi connectivity index (χ4n) is 2.70. The van der Waals surface area contributed by atoms with E-state index in [1.165, 1.54) is 25.9 Å². The molecule has 1 N–H and O–H groups in total. The van der Waals surface area contributed by atoms with Gasteiger partial charge in [-0.15, -0.1) is 0 Å². The van der Waals surface area contributed by atoms with E-state index in [1.807, 2.05) is 7.11 Å². The smallest absolute Gasteiger partial charge is 0.0601 e. The van der Waals surface area contributed by atoms with Crippen LogP contribution in [0.2, 0.25) is 0 Å². The van der Waals surface area contributed by atoms with Crippen molar-refractivity contribution in [3.05, 3.63) is 0 Å². The van der Waals surface area contributed by atoms with Gasteiger partial charge in [-0.3, -0.25) is 4.90 Å². The van der Waals surface area contributed by atoms with E-state index >= 15 is 0 Å². The summed E-state index contributed by atoms with van der Waals surface area (Å²) >= 11 is 0. The average molecular weight is 198 g/mol. The highest BCUT2D eigenvalue weighted by atomic mass is 16.5. The fraction of sp³-hybridized carbons (Fsp3) is 1.00. The summed E-state index contributed by atoms with van der Waals surface area (Å²) in [6.07, 6.45) is 2.99. The summed E-state index contributed by atoms with van der Waals surface area (Å²) in [6, 6.07) is 2.06. The minimum absolute atomic E-state index is 0.528. The predicted octanol–water partition coefficient (Wildman–Crippen LogP) is 0.846. The zero-order valence-electron chi connectivity index (χ0n) is 9.49. The zero-order chi connectivity index (χ0) is 10.1. The second-order valence-corrected chi connectivity index (χ2v) is 4.91. The van der Waals surface area contributed by atoms with Crippen LogP contribution in [0, 0.1) is 0 Å². The van der Waals surface area contributed by atoms with Gasteiger partial charge in [-0.05, 0) is 26.7 Å². The molecular formula is C11H22N2O. The van der Waals surface area contributed by atoms with Crippen molar-refractivity contribution in [3.8, 4) is 0 Å². The van der Waals surface area contributed by atoms with Crippen LogP contribution in [0.3, 0.4) is 0 Å². The van der Waals surface area contributed by atoms with Crippen LogP contribution in [0.1, 0.15) is 26.7 Å². The number of methoxy groups -OCH3 is 1. The van der Waals surface area contributed by atoms with Crippen LogP contribution in [0.25, 0.3) is 0 Å². The van der Waals surface area contributed by atoms with Crippen molar-refractivity contribution in [3.63, 3.8) is 0 Å². The summed E-state index contributed by atoms with van der Waals surface area (Å²) in [4.78, 5) is 2.63. The third kappa shape index (κ3) is 2.10. The summed E-state index contributed by atoms with van der Waals surface area (Å²) in [5, 5.41) is 3.56. The van der Waals surface area contributed by atoms with E-state index in [9.17, 15) is 0 Å². The van der Waals surface area contributed by atoms with E-state index < -0.39 is 0 Å². The maximum atomic E-state index is 5.32. The summed E-state index contributed by atoms with van der Waals surface area (Å²) in [7, 11) is 1.82. The van der Waals surface area contributed by atoms with Crippen LogP contribution < -0.4 is 5.32 Å². The molecule has 2 atom stereocenters. The molecule has 0 aromatic heterocycles. The Labute approximate surface area is 86.8 Å². The lowest BCUT2D eigenvalue weighted by Gasteiger charge is -2.47. The molecule has 3 nitrogen and oxygen atoms in total. The standard InChI is InChI=1S/C11H22N2O/c1-8-6-13(7-9(2)12-8)10-4-11(5-10)14-3/h8-12H,4-7H2,1-3H3/t8-,9+,10?,11?. The van der Waals surface area contributed by atoms with Crippen molar-refractivity contribution in [2.24, 2.45) is 0 Å². The highest BCUT2D eigenvalue weighted by molar-refractivity contribution is 4.92. The van der Waals surface area contributed by atoms with Crippen LogP contribution in [0.4, 0.5) is 0 Å². The van der Waals surface area contributed by atoms with Crippen molar-refractivity contribution in [1.82, 2.24) is 10.2 Å². The van der Waals surface area contributed by atoms with Gasteiger partial charge >= 0.3 is 0 Å². The number of nitrogens with one attached hydrogen (secondary N) is 1. The first-order valence-corrected chi connectivity index (χ1v) is 5.72. The number of ether oxygens (including phenoxy) is 1. The molecule has 0 unspecified atom stereocenters. The van der Waals surface area contributed by atoms with Crippen molar-refractivity contribution in [1.29, 1.82) is 0 Å². The molecule has 1 aliphatic carbocycles. The van der Waals surface area contributed by atoms with Crippen LogP contribution in [-0.4, -0.2) is 49.3 Å².